The Balaban J connectivity index is 0.00000144. The number of halogens is 2. The maximum absolute atomic E-state index is 9.51. The van der Waals surface area contributed by atoms with Crippen molar-refractivity contribution in [3.05, 3.63) is 22.2 Å². The highest BCUT2D eigenvalue weighted by molar-refractivity contribution is 9.10. The molecule has 0 aliphatic rings. The molecule has 0 bridgehead atoms. The van der Waals surface area contributed by atoms with Crippen LogP contribution in [0.3, 0.4) is 0 Å². The standard InChI is InChI=1S/C8H11BrN2O.ClH/c1-4(10)7-5(9)2-3-6(11)8(7)12;/h2-4,12H,10-11H2,1H3;1H/t4-;/m0./s1. The molecule has 5 heteroatoms. The molecule has 0 heterocycles. The van der Waals surface area contributed by atoms with Crippen LogP contribution in [0.15, 0.2) is 16.6 Å². The topological polar surface area (TPSA) is 72.3 Å². The van der Waals surface area contributed by atoms with Gasteiger partial charge in [0.2, 0.25) is 0 Å². The van der Waals surface area contributed by atoms with E-state index in [9.17, 15) is 5.11 Å². The lowest BCUT2D eigenvalue weighted by atomic mass is 10.1. The molecule has 0 radical (unpaired) electrons. The first-order valence-electron chi connectivity index (χ1n) is 3.56. The summed E-state index contributed by atoms with van der Waals surface area (Å²) < 4.78 is 0.782. The Morgan fingerprint density at radius 2 is 2.00 bits per heavy atom. The van der Waals surface area contributed by atoms with Crippen molar-refractivity contribution in [2.24, 2.45) is 5.73 Å². The summed E-state index contributed by atoms with van der Waals surface area (Å²) >= 11 is 3.29. The third-order valence-electron chi connectivity index (χ3n) is 1.65. The minimum absolute atomic E-state index is 0. The molecule has 0 amide bonds. The molecule has 0 fully saturated rings. The van der Waals surface area contributed by atoms with Crippen LogP contribution in [0.2, 0.25) is 0 Å². The fourth-order valence-electron chi connectivity index (χ4n) is 1.03. The minimum Gasteiger partial charge on any atom is -0.505 e. The molecule has 0 aliphatic carbocycles. The van der Waals surface area contributed by atoms with E-state index in [1.165, 1.54) is 0 Å². The molecule has 0 aromatic heterocycles. The molecule has 1 aromatic rings. The number of phenols is 1. The molecule has 1 aromatic carbocycles. The Bertz CT molecular complexity index is 304. The van der Waals surface area contributed by atoms with E-state index in [2.05, 4.69) is 15.9 Å². The number of anilines is 1. The maximum Gasteiger partial charge on any atom is 0.144 e. The fraction of sp³-hybridized carbons (Fsp3) is 0.250. The number of benzene rings is 1. The highest BCUT2D eigenvalue weighted by atomic mass is 79.9. The van der Waals surface area contributed by atoms with Crippen molar-refractivity contribution in [3.8, 4) is 5.75 Å². The lowest BCUT2D eigenvalue weighted by molar-refractivity contribution is 0.466. The SMILES string of the molecule is C[C@H](N)c1c(Br)ccc(N)c1O.Cl. The van der Waals surface area contributed by atoms with Crippen LogP contribution in [-0.4, -0.2) is 5.11 Å². The van der Waals surface area contributed by atoms with E-state index in [0.29, 0.717) is 11.3 Å². The fourth-order valence-corrected chi connectivity index (χ4v) is 1.71. The average Bonchev–Trinajstić information content (AvgIpc) is 1.97. The molecular formula is C8H12BrClN2O. The van der Waals surface area contributed by atoms with Gasteiger partial charge in [-0.2, -0.15) is 0 Å². The van der Waals surface area contributed by atoms with Crippen molar-refractivity contribution in [2.75, 3.05) is 5.73 Å². The highest BCUT2D eigenvalue weighted by Gasteiger charge is 2.12. The van der Waals surface area contributed by atoms with Gasteiger partial charge in [-0.3, -0.25) is 0 Å². The number of phenolic OH excluding ortho intramolecular Hbond substituents is 1. The number of nitrogen functional groups attached to an aromatic ring is 1. The zero-order valence-electron chi connectivity index (χ0n) is 7.12. The van der Waals surface area contributed by atoms with Crippen LogP contribution in [0.1, 0.15) is 18.5 Å². The maximum atomic E-state index is 9.51. The molecule has 13 heavy (non-hydrogen) atoms. The third kappa shape index (κ3) is 2.49. The van der Waals surface area contributed by atoms with Crippen LogP contribution in [0.5, 0.6) is 5.75 Å². The Labute approximate surface area is 91.7 Å². The van der Waals surface area contributed by atoms with Crippen LogP contribution >= 0.6 is 28.3 Å². The number of hydrogen-bond donors (Lipinski definition) is 3. The molecule has 1 rings (SSSR count). The van der Waals surface area contributed by atoms with E-state index in [1.807, 2.05) is 0 Å². The average molecular weight is 268 g/mol. The molecule has 3 nitrogen and oxygen atoms in total. The predicted molar refractivity (Wildman–Crippen MR) is 60.1 cm³/mol. The van der Waals surface area contributed by atoms with Gasteiger partial charge in [-0.15, -0.1) is 12.4 Å². The molecule has 0 saturated heterocycles. The molecule has 0 aliphatic heterocycles. The lowest BCUT2D eigenvalue weighted by Gasteiger charge is -2.12. The van der Waals surface area contributed by atoms with Crippen LogP contribution in [0.4, 0.5) is 5.69 Å². The summed E-state index contributed by atoms with van der Waals surface area (Å²) in [5.74, 6) is 0.0689. The Kier molecular flexibility index (Phi) is 4.53. The second-order valence-corrected chi connectivity index (χ2v) is 3.54. The number of hydrogen-bond acceptors (Lipinski definition) is 3. The summed E-state index contributed by atoms with van der Waals surface area (Å²) in [7, 11) is 0. The number of rotatable bonds is 1. The Morgan fingerprint density at radius 3 is 2.38 bits per heavy atom. The van der Waals surface area contributed by atoms with Crippen molar-refractivity contribution >= 4 is 34.0 Å². The number of aromatic hydroxyl groups is 1. The summed E-state index contributed by atoms with van der Waals surface area (Å²) in [5.41, 5.74) is 12.1. The molecular weight excluding hydrogens is 255 g/mol. The smallest absolute Gasteiger partial charge is 0.144 e. The molecule has 1 atom stereocenters. The zero-order valence-corrected chi connectivity index (χ0v) is 9.52. The minimum atomic E-state index is -0.233. The highest BCUT2D eigenvalue weighted by Crippen LogP contribution is 2.34. The first-order chi connectivity index (χ1) is 5.54. The van der Waals surface area contributed by atoms with Gasteiger partial charge in [0.15, 0.2) is 0 Å². The van der Waals surface area contributed by atoms with Gasteiger partial charge in [-0.1, -0.05) is 15.9 Å². The quantitative estimate of drug-likeness (QED) is 0.539. The van der Waals surface area contributed by atoms with Gasteiger partial charge in [0, 0.05) is 16.1 Å². The van der Waals surface area contributed by atoms with Crippen LogP contribution < -0.4 is 11.5 Å². The van der Waals surface area contributed by atoms with E-state index in [4.69, 9.17) is 11.5 Å². The Morgan fingerprint density at radius 1 is 1.46 bits per heavy atom. The summed E-state index contributed by atoms with van der Waals surface area (Å²) in [6.45, 7) is 1.79. The van der Waals surface area contributed by atoms with Crippen molar-refractivity contribution in [2.45, 2.75) is 13.0 Å². The van der Waals surface area contributed by atoms with Crippen molar-refractivity contribution < 1.29 is 5.11 Å². The van der Waals surface area contributed by atoms with E-state index in [1.54, 1.807) is 19.1 Å². The first kappa shape index (κ1) is 12.6. The molecule has 74 valence electrons. The van der Waals surface area contributed by atoms with Gasteiger partial charge in [-0.25, -0.2) is 0 Å². The van der Waals surface area contributed by atoms with E-state index in [0.717, 1.165) is 4.47 Å². The lowest BCUT2D eigenvalue weighted by Crippen LogP contribution is -2.07. The summed E-state index contributed by atoms with van der Waals surface area (Å²) in [6, 6.07) is 3.17. The van der Waals surface area contributed by atoms with E-state index >= 15 is 0 Å². The van der Waals surface area contributed by atoms with E-state index < -0.39 is 0 Å². The molecule has 0 unspecified atom stereocenters. The number of nitrogens with two attached hydrogens (primary N) is 2. The van der Waals surface area contributed by atoms with E-state index in [-0.39, 0.29) is 24.2 Å². The van der Waals surface area contributed by atoms with Crippen molar-refractivity contribution in [1.82, 2.24) is 0 Å². The summed E-state index contributed by atoms with van der Waals surface area (Å²) in [4.78, 5) is 0. The largest absolute Gasteiger partial charge is 0.505 e. The summed E-state index contributed by atoms with van der Waals surface area (Å²) in [6.07, 6.45) is 0. The second kappa shape index (κ2) is 4.69. The molecule has 5 N–H and O–H groups in total. The van der Waals surface area contributed by atoms with Crippen molar-refractivity contribution in [3.63, 3.8) is 0 Å². The third-order valence-corrected chi connectivity index (χ3v) is 2.34. The Hall–Kier alpha value is -0.450. The first-order valence-corrected chi connectivity index (χ1v) is 4.35. The van der Waals surface area contributed by atoms with Gasteiger partial charge < -0.3 is 16.6 Å². The van der Waals surface area contributed by atoms with Gasteiger partial charge in [0.05, 0.1) is 5.69 Å². The molecule has 0 saturated carbocycles. The summed E-state index contributed by atoms with van der Waals surface area (Å²) in [5, 5.41) is 9.51. The van der Waals surface area contributed by atoms with Gasteiger partial charge in [0.25, 0.3) is 0 Å². The normalized spacial score (nSPS) is 11.9. The van der Waals surface area contributed by atoms with Crippen LogP contribution in [0.25, 0.3) is 0 Å². The predicted octanol–water partition coefficient (Wildman–Crippen LogP) is 2.18. The van der Waals surface area contributed by atoms with Gasteiger partial charge in [-0.05, 0) is 19.1 Å². The molecule has 0 spiro atoms. The van der Waals surface area contributed by atoms with Gasteiger partial charge >= 0.3 is 0 Å². The monoisotopic (exact) mass is 266 g/mol. The zero-order chi connectivity index (χ0) is 9.30. The van der Waals surface area contributed by atoms with Crippen LogP contribution in [-0.2, 0) is 0 Å². The van der Waals surface area contributed by atoms with Crippen molar-refractivity contribution in [1.29, 1.82) is 0 Å². The second-order valence-electron chi connectivity index (χ2n) is 2.69. The van der Waals surface area contributed by atoms with Gasteiger partial charge in [0.1, 0.15) is 5.75 Å². The van der Waals surface area contributed by atoms with Crippen LogP contribution in [0, 0.1) is 0 Å².